The summed E-state index contributed by atoms with van der Waals surface area (Å²) in [5, 5.41) is 3.22. The van der Waals surface area contributed by atoms with E-state index in [-0.39, 0.29) is 0 Å². The molecule has 2 rings (SSSR count). The Bertz CT molecular complexity index is 560. The summed E-state index contributed by atoms with van der Waals surface area (Å²) in [5.74, 6) is 2.72. The molecule has 5 heteroatoms. The van der Waals surface area contributed by atoms with E-state index in [4.69, 9.17) is 16.3 Å². The molecule has 0 fully saturated rings. The maximum absolute atomic E-state index is 5.93. The highest BCUT2D eigenvalue weighted by molar-refractivity contribution is 6.17. The second-order valence-electron chi connectivity index (χ2n) is 4.00. The second-order valence-corrected chi connectivity index (χ2v) is 4.27. The molecule has 0 aliphatic carbocycles. The highest BCUT2D eigenvalue weighted by atomic mass is 35.5. The smallest absolute Gasteiger partial charge is 0.134 e. The monoisotopic (exact) mass is 277 g/mol. The lowest BCUT2D eigenvalue weighted by atomic mass is 10.2. The topological polar surface area (TPSA) is 47.0 Å². The van der Waals surface area contributed by atoms with Crippen LogP contribution >= 0.6 is 11.6 Å². The summed E-state index contributed by atoms with van der Waals surface area (Å²) in [6.45, 7) is 4.43. The van der Waals surface area contributed by atoms with Gasteiger partial charge in [0.05, 0.1) is 12.5 Å². The van der Waals surface area contributed by atoms with Gasteiger partial charge >= 0.3 is 0 Å². The van der Waals surface area contributed by atoms with Crippen molar-refractivity contribution >= 4 is 23.1 Å². The minimum absolute atomic E-state index is 0.410. The van der Waals surface area contributed by atoms with E-state index in [2.05, 4.69) is 15.3 Å². The standard InChI is InChI=1S/C14H16ClN3O/c1-3-19-13-5-4-12(8-11(13)9-15)18-14-6-7-16-10(2)17-14/h4-8H,3,9H2,1-2H3,(H,16,17,18). The number of nitrogens with zero attached hydrogens (tertiary/aromatic N) is 2. The molecule has 0 amide bonds. The lowest BCUT2D eigenvalue weighted by Crippen LogP contribution is -1.99. The zero-order chi connectivity index (χ0) is 13.7. The minimum atomic E-state index is 0.410. The average molecular weight is 278 g/mol. The Morgan fingerprint density at radius 3 is 2.84 bits per heavy atom. The van der Waals surface area contributed by atoms with Gasteiger partial charge in [-0.3, -0.25) is 0 Å². The van der Waals surface area contributed by atoms with Gasteiger partial charge in [-0.05, 0) is 38.1 Å². The van der Waals surface area contributed by atoms with Crippen molar-refractivity contribution < 1.29 is 4.74 Å². The molecule has 0 spiro atoms. The fourth-order valence-corrected chi connectivity index (χ4v) is 1.94. The van der Waals surface area contributed by atoms with Crippen LogP contribution < -0.4 is 10.1 Å². The van der Waals surface area contributed by atoms with Gasteiger partial charge in [-0.2, -0.15) is 0 Å². The quantitative estimate of drug-likeness (QED) is 0.847. The minimum Gasteiger partial charge on any atom is -0.494 e. The summed E-state index contributed by atoms with van der Waals surface area (Å²) < 4.78 is 5.51. The number of rotatable bonds is 5. The third-order valence-electron chi connectivity index (χ3n) is 2.55. The molecule has 1 N–H and O–H groups in total. The number of aryl methyl sites for hydroxylation is 1. The molecule has 1 heterocycles. The molecule has 0 saturated carbocycles. The molecule has 0 radical (unpaired) electrons. The molecule has 0 aliphatic rings. The SMILES string of the molecule is CCOc1ccc(Nc2ccnc(C)n2)cc1CCl. The van der Waals surface area contributed by atoms with Crippen LogP contribution in [0.15, 0.2) is 30.5 Å². The molecule has 4 nitrogen and oxygen atoms in total. The number of anilines is 2. The van der Waals surface area contributed by atoms with E-state index in [1.165, 1.54) is 0 Å². The van der Waals surface area contributed by atoms with Gasteiger partial charge in [-0.1, -0.05) is 0 Å². The molecular formula is C14H16ClN3O. The number of aromatic nitrogens is 2. The zero-order valence-electron chi connectivity index (χ0n) is 11.0. The van der Waals surface area contributed by atoms with Crippen molar-refractivity contribution in [3.05, 3.63) is 41.9 Å². The Hall–Kier alpha value is -1.81. The van der Waals surface area contributed by atoms with Gasteiger partial charge in [0, 0.05) is 17.4 Å². The molecular weight excluding hydrogens is 262 g/mol. The van der Waals surface area contributed by atoms with Crippen LogP contribution in [0.1, 0.15) is 18.3 Å². The van der Waals surface area contributed by atoms with Crippen LogP contribution in [0.5, 0.6) is 5.75 Å². The number of hydrogen-bond acceptors (Lipinski definition) is 4. The number of nitrogens with one attached hydrogen (secondary N) is 1. The highest BCUT2D eigenvalue weighted by Gasteiger charge is 2.05. The van der Waals surface area contributed by atoms with Crippen molar-refractivity contribution in [1.82, 2.24) is 9.97 Å². The van der Waals surface area contributed by atoms with Crippen molar-refractivity contribution in [2.24, 2.45) is 0 Å². The van der Waals surface area contributed by atoms with Crippen molar-refractivity contribution in [2.45, 2.75) is 19.7 Å². The predicted octanol–water partition coefficient (Wildman–Crippen LogP) is 3.67. The fraction of sp³-hybridized carbons (Fsp3) is 0.286. The third kappa shape index (κ3) is 3.58. The maximum Gasteiger partial charge on any atom is 0.134 e. The molecule has 2 aromatic rings. The first-order valence-corrected chi connectivity index (χ1v) is 6.64. The van der Waals surface area contributed by atoms with Gasteiger partial charge in [0.1, 0.15) is 17.4 Å². The molecule has 1 aromatic heterocycles. The van der Waals surface area contributed by atoms with Crippen LogP contribution in [0.3, 0.4) is 0 Å². The zero-order valence-corrected chi connectivity index (χ0v) is 11.7. The number of hydrogen-bond donors (Lipinski definition) is 1. The van der Waals surface area contributed by atoms with Gasteiger partial charge in [0.15, 0.2) is 0 Å². The van der Waals surface area contributed by atoms with Crippen molar-refractivity contribution in [3.8, 4) is 5.75 Å². The van der Waals surface area contributed by atoms with E-state index in [1.807, 2.05) is 38.1 Å². The number of halogens is 1. The van der Waals surface area contributed by atoms with Gasteiger partial charge in [0.25, 0.3) is 0 Å². The van der Waals surface area contributed by atoms with Crippen LogP contribution in [0.25, 0.3) is 0 Å². The summed E-state index contributed by atoms with van der Waals surface area (Å²) in [5.41, 5.74) is 1.89. The Labute approximate surface area is 117 Å². The lowest BCUT2D eigenvalue weighted by Gasteiger charge is -2.11. The van der Waals surface area contributed by atoms with E-state index in [0.29, 0.717) is 12.5 Å². The summed E-state index contributed by atoms with van der Waals surface area (Å²) in [6, 6.07) is 7.65. The van der Waals surface area contributed by atoms with Gasteiger partial charge in [-0.15, -0.1) is 11.6 Å². The van der Waals surface area contributed by atoms with Crippen molar-refractivity contribution in [1.29, 1.82) is 0 Å². The molecule has 100 valence electrons. The molecule has 0 bridgehead atoms. The molecule has 1 aromatic carbocycles. The van der Waals surface area contributed by atoms with Gasteiger partial charge in [0.2, 0.25) is 0 Å². The van der Waals surface area contributed by atoms with Gasteiger partial charge in [-0.25, -0.2) is 9.97 Å². The number of ether oxygens (including phenoxy) is 1. The van der Waals surface area contributed by atoms with Crippen LogP contribution in [-0.4, -0.2) is 16.6 Å². The van der Waals surface area contributed by atoms with Gasteiger partial charge < -0.3 is 10.1 Å². The third-order valence-corrected chi connectivity index (χ3v) is 2.84. The fourth-order valence-electron chi connectivity index (χ4n) is 1.73. The van der Waals surface area contributed by atoms with E-state index in [1.54, 1.807) is 6.20 Å². The van der Waals surface area contributed by atoms with Crippen LogP contribution in [0.2, 0.25) is 0 Å². The normalized spacial score (nSPS) is 10.3. The van der Waals surface area contributed by atoms with Crippen LogP contribution in [-0.2, 0) is 5.88 Å². The summed E-state index contributed by atoms with van der Waals surface area (Å²) in [7, 11) is 0. The average Bonchev–Trinajstić information content (AvgIpc) is 2.41. The molecule has 19 heavy (non-hydrogen) atoms. The second kappa shape index (κ2) is 6.38. The lowest BCUT2D eigenvalue weighted by molar-refractivity contribution is 0.337. The summed E-state index contributed by atoms with van der Waals surface area (Å²) in [4.78, 5) is 8.36. The van der Waals surface area contributed by atoms with Crippen molar-refractivity contribution in [2.75, 3.05) is 11.9 Å². The Morgan fingerprint density at radius 1 is 1.32 bits per heavy atom. The maximum atomic E-state index is 5.93. The predicted molar refractivity (Wildman–Crippen MR) is 77.2 cm³/mol. The summed E-state index contributed by atoms with van der Waals surface area (Å²) in [6.07, 6.45) is 1.72. The molecule has 0 atom stereocenters. The first-order chi connectivity index (χ1) is 9.22. The Morgan fingerprint density at radius 2 is 2.16 bits per heavy atom. The van der Waals surface area contributed by atoms with E-state index in [0.717, 1.165) is 28.6 Å². The van der Waals surface area contributed by atoms with Crippen molar-refractivity contribution in [3.63, 3.8) is 0 Å². The van der Waals surface area contributed by atoms with E-state index >= 15 is 0 Å². The Balaban J connectivity index is 2.21. The van der Waals surface area contributed by atoms with E-state index < -0.39 is 0 Å². The first kappa shape index (κ1) is 13.6. The number of alkyl halides is 1. The highest BCUT2D eigenvalue weighted by Crippen LogP contribution is 2.26. The van der Waals surface area contributed by atoms with Crippen LogP contribution in [0, 0.1) is 6.92 Å². The molecule has 0 unspecified atom stereocenters. The molecule has 0 aliphatic heterocycles. The summed E-state index contributed by atoms with van der Waals surface area (Å²) >= 11 is 5.93. The Kier molecular flexibility index (Phi) is 4.58. The van der Waals surface area contributed by atoms with Crippen LogP contribution in [0.4, 0.5) is 11.5 Å². The molecule has 0 saturated heterocycles. The first-order valence-electron chi connectivity index (χ1n) is 6.11. The number of benzene rings is 1. The largest absolute Gasteiger partial charge is 0.494 e. The van der Waals surface area contributed by atoms with E-state index in [9.17, 15) is 0 Å².